The van der Waals surface area contributed by atoms with E-state index in [-0.39, 0.29) is 17.1 Å². The summed E-state index contributed by atoms with van der Waals surface area (Å²) in [5, 5.41) is 0.346. The number of nitrogens with one attached hydrogen (secondary N) is 1. The highest BCUT2D eigenvalue weighted by Gasteiger charge is 2.20. The molecule has 124 valence electrons. The van der Waals surface area contributed by atoms with Crippen molar-refractivity contribution in [2.24, 2.45) is 5.73 Å². The number of fused-ring (bicyclic) bond motifs is 1. The molecule has 0 saturated carbocycles. The predicted molar refractivity (Wildman–Crippen MR) is 88.3 cm³/mol. The van der Waals surface area contributed by atoms with Crippen molar-refractivity contribution >= 4 is 28.4 Å². The minimum Gasteiger partial charge on any atom is -0.366 e. The maximum absolute atomic E-state index is 14.6. The van der Waals surface area contributed by atoms with Gasteiger partial charge in [-0.15, -0.1) is 0 Å². The normalized spacial score (nSPS) is 11.2. The first-order chi connectivity index (χ1) is 11.3. The number of benzene rings is 1. The van der Waals surface area contributed by atoms with Crippen LogP contribution in [0.5, 0.6) is 0 Å². The maximum atomic E-state index is 14.6. The van der Waals surface area contributed by atoms with Crippen molar-refractivity contribution in [3.8, 4) is 0 Å². The van der Waals surface area contributed by atoms with Gasteiger partial charge in [-0.1, -0.05) is 11.6 Å². The van der Waals surface area contributed by atoms with Gasteiger partial charge in [0.2, 0.25) is 0 Å². The summed E-state index contributed by atoms with van der Waals surface area (Å²) >= 11 is 5.58. The zero-order chi connectivity index (χ0) is 17.6. The fourth-order valence-electron chi connectivity index (χ4n) is 2.83. The quantitative estimate of drug-likeness (QED) is 0.706. The lowest BCUT2D eigenvalue weighted by Crippen LogP contribution is -2.13. The molecule has 0 aliphatic carbocycles. The van der Waals surface area contributed by atoms with Crippen molar-refractivity contribution < 1.29 is 13.6 Å². The van der Waals surface area contributed by atoms with E-state index >= 15 is 0 Å². The average Bonchev–Trinajstić information content (AvgIpc) is 2.81. The van der Waals surface area contributed by atoms with E-state index in [2.05, 4.69) is 9.97 Å². The van der Waals surface area contributed by atoms with Crippen LogP contribution in [0.4, 0.5) is 8.78 Å². The first-order valence-electron chi connectivity index (χ1n) is 7.19. The number of aromatic nitrogens is 2. The molecule has 1 amide bonds. The number of nitrogens with two attached hydrogens (primary N) is 1. The van der Waals surface area contributed by atoms with Crippen LogP contribution < -0.4 is 5.73 Å². The van der Waals surface area contributed by atoms with E-state index in [0.29, 0.717) is 22.0 Å². The van der Waals surface area contributed by atoms with Crippen molar-refractivity contribution in [3.05, 3.63) is 63.1 Å². The average molecular weight is 350 g/mol. The second-order valence-electron chi connectivity index (χ2n) is 5.67. The Morgan fingerprint density at radius 2 is 2.00 bits per heavy atom. The molecule has 0 aliphatic heterocycles. The number of hydrogen-bond acceptors (Lipinski definition) is 2. The van der Waals surface area contributed by atoms with Gasteiger partial charge < -0.3 is 10.7 Å². The highest BCUT2D eigenvalue weighted by atomic mass is 35.5. The molecule has 3 aromatic rings. The van der Waals surface area contributed by atoms with E-state index in [4.69, 9.17) is 17.3 Å². The second kappa shape index (κ2) is 5.87. The Morgan fingerprint density at radius 1 is 1.29 bits per heavy atom. The Balaban J connectivity index is 2.24. The first-order valence-corrected chi connectivity index (χ1v) is 7.57. The van der Waals surface area contributed by atoms with Gasteiger partial charge in [-0.2, -0.15) is 0 Å². The lowest BCUT2D eigenvalue weighted by Gasteiger charge is -2.10. The van der Waals surface area contributed by atoms with Crippen molar-refractivity contribution in [1.82, 2.24) is 9.97 Å². The lowest BCUT2D eigenvalue weighted by molar-refractivity contribution is 0.100. The van der Waals surface area contributed by atoms with Crippen molar-refractivity contribution in [2.75, 3.05) is 0 Å². The van der Waals surface area contributed by atoms with Crippen LogP contribution in [0.2, 0.25) is 5.15 Å². The van der Waals surface area contributed by atoms with Crippen LogP contribution >= 0.6 is 11.6 Å². The Kier molecular flexibility index (Phi) is 4.01. The monoisotopic (exact) mass is 349 g/mol. The Labute approximate surface area is 141 Å². The number of carbonyl (C=O) groups excluding carboxylic acids is 1. The van der Waals surface area contributed by atoms with Crippen LogP contribution in [-0.4, -0.2) is 15.9 Å². The predicted octanol–water partition coefficient (Wildman–Crippen LogP) is 3.80. The summed E-state index contributed by atoms with van der Waals surface area (Å²) in [5.41, 5.74) is 8.35. The van der Waals surface area contributed by atoms with Gasteiger partial charge >= 0.3 is 0 Å². The van der Waals surface area contributed by atoms with E-state index in [0.717, 1.165) is 17.3 Å². The van der Waals surface area contributed by atoms with Gasteiger partial charge in [0, 0.05) is 29.3 Å². The molecule has 7 heteroatoms. The molecular formula is C17H14ClF2N3O. The summed E-state index contributed by atoms with van der Waals surface area (Å²) in [5.74, 6) is -1.96. The summed E-state index contributed by atoms with van der Waals surface area (Å²) in [6.07, 6.45) is 1.51. The maximum Gasteiger partial charge on any atom is 0.250 e. The van der Waals surface area contributed by atoms with Crippen molar-refractivity contribution in [3.63, 3.8) is 0 Å². The molecule has 0 unspecified atom stereocenters. The zero-order valence-corrected chi connectivity index (χ0v) is 13.8. The molecule has 0 aliphatic rings. The third-order valence-electron chi connectivity index (χ3n) is 4.13. The summed E-state index contributed by atoms with van der Waals surface area (Å²) in [6, 6.07) is 2.33. The van der Waals surface area contributed by atoms with Crippen LogP contribution in [0.3, 0.4) is 0 Å². The molecule has 4 nitrogen and oxygen atoms in total. The van der Waals surface area contributed by atoms with Crippen molar-refractivity contribution in [2.45, 2.75) is 20.3 Å². The number of amides is 1. The summed E-state index contributed by atoms with van der Waals surface area (Å²) in [4.78, 5) is 18.4. The highest BCUT2D eigenvalue weighted by molar-refractivity contribution is 6.29. The van der Waals surface area contributed by atoms with Gasteiger partial charge in [0.25, 0.3) is 5.91 Å². The largest absolute Gasteiger partial charge is 0.366 e. The van der Waals surface area contributed by atoms with E-state index < -0.39 is 17.5 Å². The molecule has 0 saturated heterocycles. The molecular weight excluding hydrogens is 336 g/mol. The third kappa shape index (κ3) is 2.63. The molecule has 0 atom stereocenters. The van der Waals surface area contributed by atoms with Crippen LogP contribution in [0.1, 0.15) is 32.7 Å². The molecule has 24 heavy (non-hydrogen) atoms. The number of primary amides is 1. The zero-order valence-electron chi connectivity index (χ0n) is 13.0. The Bertz CT molecular complexity index is 982. The number of aromatic amines is 1. The molecule has 0 spiro atoms. The van der Waals surface area contributed by atoms with E-state index in [9.17, 15) is 13.6 Å². The topological polar surface area (TPSA) is 71.8 Å². The fourth-order valence-corrected chi connectivity index (χ4v) is 2.94. The van der Waals surface area contributed by atoms with Gasteiger partial charge in [-0.05, 0) is 37.1 Å². The molecule has 1 aromatic carbocycles. The lowest BCUT2D eigenvalue weighted by atomic mass is 9.96. The first kappa shape index (κ1) is 16.4. The molecule has 2 heterocycles. The smallest absolute Gasteiger partial charge is 0.250 e. The molecule has 0 bridgehead atoms. The molecule has 3 rings (SSSR count). The number of pyridine rings is 1. The summed E-state index contributed by atoms with van der Waals surface area (Å²) < 4.78 is 28.2. The number of H-pyrrole nitrogens is 1. The molecule has 3 N–H and O–H groups in total. The minimum atomic E-state index is -0.717. The molecule has 0 radical (unpaired) electrons. The standard InChI is InChI=1S/C17H14ClF2N3O/c1-7-8(2)23-15-11(17(21)24)5-12(19)10(14(7)15)3-9-4-13(20)16(18)22-6-9/h4-6,23H,3H2,1-2H3,(H2,21,24). The minimum absolute atomic E-state index is 0.0860. The van der Waals surface area contributed by atoms with Gasteiger partial charge in [0.1, 0.15) is 5.82 Å². The number of hydrogen-bond donors (Lipinski definition) is 2. The number of nitrogens with zero attached hydrogens (tertiary/aromatic N) is 1. The van der Waals surface area contributed by atoms with Crippen molar-refractivity contribution in [1.29, 1.82) is 0 Å². The van der Waals surface area contributed by atoms with E-state index in [1.54, 1.807) is 0 Å². The van der Waals surface area contributed by atoms with Gasteiger partial charge in [-0.25, -0.2) is 13.8 Å². The van der Waals surface area contributed by atoms with Crippen LogP contribution in [0, 0.1) is 25.5 Å². The van der Waals surface area contributed by atoms with Gasteiger partial charge in [0.15, 0.2) is 11.0 Å². The Hall–Kier alpha value is -2.47. The number of halogens is 3. The SMILES string of the molecule is Cc1[nH]c2c(C(N)=O)cc(F)c(Cc3cnc(Cl)c(F)c3)c2c1C. The summed E-state index contributed by atoms with van der Waals surface area (Å²) in [6.45, 7) is 3.65. The number of aryl methyl sites for hydroxylation is 2. The Morgan fingerprint density at radius 3 is 2.62 bits per heavy atom. The van der Waals surface area contributed by atoms with Gasteiger partial charge in [-0.3, -0.25) is 4.79 Å². The number of carbonyl (C=O) groups is 1. The second-order valence-corrected chi connectivity index (χ2v) is 6.02. The van der Waals surface area contributed by atoms with E-state index in [1.165, 1.54) is 12.3 Å². The van der Waals surface area contributed by atoms with Crippen LogP contribution in [0.15, 0.2) is 18.3 Å². The van der Waals surface area contributed by atoms with E-state index in [1.807, 2.05) is 13.8 Å². The highest BCUT2D eigenvalue weighted by Crippen LogP contribution is 2.31. The number of rotatable bonds is 3. The fraction of sp³-hybridized carbons (Fsp3) is 0.176. The van der Waals surface area contributed by atoms with Crippen LogP contribution in [-0.2, 0) is 6.42 Å². The molecule has 2 aromatic heterocycles. The van der Waals surface area contributed by atoms with Crippen LogP contribution in [0.25, 0.3) is 10.9 Å². The molecule has 0 fully saturated rings. The van der Waals surface area contributed by atoms with Gasteiger partial charge in [0.05, 0.1) is 11.1 Å². The summed E-state index contributed by atoms with van der Waals surface area (Å²) in [7, 11) is 0. The third-order valence-corrected chi connectivity index (χ3v) is 4.41.